The van der Waals surface area contributed by atoms with Crippen LogP contribution in [0.25, 0.3) is 0 Å². The number of morpholine rings is 1. The maximum absolute atomic E-state index is 12.7. The second-order valence-electron chi connectivity index (χ2n) is 5.23. The number of carboxylic acid groups (broad SMARTS) is 1. The first-order valence-corrected chi connectivity index (χ1v) is 7.06. The van der Waals surface area contributed by atoms with E-state index < -0.39 is 24.1 Å². The average molecular weight is 322 g/mol. The minimum Gasteiger partial charge on any atom is -0.483 e. The van der Waals surface area contributed by atoms with E-state index in [2.05, 4.69) is 0 Å². The molecule has 1 aliphatic heterocycles. The van der Waals surface area contributed by atoms with E-state index in [1.807, 2.05) is 0 Å². The van der Waals surface area contributed by atoms with Crippen LogP contribution in [0.2, 0.25) is 0 Å². The maximum Gasteiger partial charge on any atom is 0.334 e. The fraction of sp³-hybridized carbons (Fsp3) is 0.400. The van der Waals surface area contributed by atoms with Crippen LogP contribution in [0.3, 0.4) is 0 Å². The molecule has 23 heavy (non-hydrogen) atoms. The lowest BCUT2D eigenvalue weighted by atomic mass is 10.1. The number of benzene rings is 1. The van der Waals surface area contributed by atoms with Gasteiger partial charge in [0.1, 0.15) is 5.75 Å². The number of carbonyl (C=O) groups is 3. The Bertz CT molecular complexity index is 618. The van der Waals surface area contributed by atoms with Gasteiger partial charge in [-0.05, 0) is 19.1 Å². The van der Waals surface area contributed by atoms with E-state index in [4.69, 9.17) is 20.3 Å². The Kier molecular flexibility index (Phi) is 5.17. The Balaban J connectivity index is 2.19. The summed E-state index contributed by atoms with van der Waals surface area (Å²) in [5.74, 6) is -1.93. The third-order valence-electron chi connectivity index (χ3n) is 3.31. The molecule has 0 saturated carbocycles. The van der Waals surface area contributed by atoms with E-state index in [1.54, 1.807) is 31.2 Å². The van der Waals surface area contributed by atoms with Crippen molar-refractivity contribution in [1.82, 2.24) is 4.90 Å². The molecule has 1 unspecified atom stereocenters. The number of hydrogen-bond donors (Lipinski definition) is 2. The van der Waals surface area contributed by atoms with Gasteiger partial charge in [0.05, 0.1) is 18.2 Å². The maximum atomic E-state index is 12.7. The first kappa shape index (κ1) is 16.8. The fourth-order valence-electron chi connectivity index (χ4n) is 2.34. The van der Waals surface area contributed by atoms with Gasteiger partial charge in [-0.2, -0.15) is 0 Å². The summed E-state index contributed by atoms with van der Waals surface area (Å²) in [5, 5.41) is 9.09. The Morgan fingerprint density at radius 2 is 2.04 bits per heavy atom. The minimum absolute atomic E-state index is 0.0529. The highest BCUT2D eigenvalue weighted by Crippen LogP contribution is 2.22. The number of nitrogens with two attached hydrogens (primary N) is 1. The molecular formula is C15H18N2O6. The smallest absolute Gasteiger partial charge is 0.334 e. The van der Waals surface area contributed by atoms with Crippen molar-refractivity contribution in [3.05, 3.63) is 29.8 Å². The second-order valence-corrected chi connectivity index (χ2v) is 5.23. The minimum atomic E-state index is -1.12. The standard InChI is InChI=1S/C15H18N2O6/c1-9-6-17(7-12(23-9)15(20)21)14(19)10-4-2-3-5-11(10)22-8-13(16)18/h2-5,9,12H,6-8H2,1H3,(H2,16,18)(H,20,21)/t9-,12?/m1/s1. The topological polar surface area (TPSA) is 119 Å². The lowest BCUT2D eigenvalue weighted by molar-refractivity contribution is -0.160. The summed E-state index contributed by atoms with van der Waals surface area (Å²) in [5.41, 5.74) is 5.28. The monoisotopic (exact) mass is 322 g/mol. The van der Waals surface area contributed by atoms with Crippen molar-refractivity contribution in [3.8, 4) is 5.75 Å². The van der Waals surface area contributed by atoms with E-state index in [1.165, 1.54) is 4.90 Å². The van der Waals surface area contributed by atoms with Crippen LogP contribution in [0.5, 0.6) is 5.75 Å². The first-order chi connectivity index (χ1) is 10.9. The fourth-order valence-corrected chi connectivity index (χ4v) is 2.34. The van der Waals surface area contributed by atoms with Crippen LogP contribution in [0.15, 0.2) is 24.3 Å². The molecule has 124 valence electrons. The molecule has 2 rings (SSSR count). The van der Waals surface area contributed by atoms with Gasteiger partial charge in [0.15, 0.2) is 12.7 Å². The van der Waals surface area contributed by atoms with E-state index >= 15 is 0 Å². The predicted octanol–water partition coefficient (Wildman–Crippen LogP) is -0.135. The van der Waals surface area contributed by atoms with Gasteiger partial charge < -0.3 is 25.2 Å². The van der Waals surface area contributed by atoms with Gasteiger partial charge >= 0.3 is 5.97 Å². The number of para-hydroxylation sites is 1. The summed E-state index contributed by atoms with van der Waals surface area (Å²) in [7, 11) is 0. The highest BCUT2D eigenvalue weighted by Gasteiger charge is 2.33. The normalized spacial score (nSPS) is 20.8. The molecule has 2 amide bonds. The van der Waals surface area contributed by atoms with Crippen molar-refractivity contribution in [3.63, 3.8) is 0 Å². The highest BCUT2D eigenvalue weighted by atomic mass is 16.5. The van der Waals surface area contributed by atoms with Crippen LogP contribution >= 0.6 is 0 Å². The molecule has 2 atom stereocenters. The van der Waals surface area contributed by atoms with Crippen LogP contribution in [0, 0.1) is 0 Å². The number of rotatable bonds is 5. The Morgan fingerprint density at radius 1 is 1.35 bits per heavy atom. The zero-order valence-corrected chi connectivity index (χ0v) is 12.6. The van der Waals surface area contributed by atoms with Crippen molar-refractivity contribution >= 4 is 17.8 Å². The lowest BCUT2D eigenvalue weighted by Crippen LogP contribution is -2.51. The summed E-state index contributed by atoms with van der Waals surface area (Å²) < 4.78 is 10.5. The highest BCUT2D eigenvalue weighted by molar-refractivity contribution is 5.97. The van der Waals surface area contributed by atoms with Gasteiger partial charge in [0.25, 0.3) is 11.8 Å². The van der Waals surface area contributed by atoms with Crippen molar-refractivity contribution in [2.75, 3.05) is 19.7 Å². The van der Waals surface area contributed by atoms with Gasteiger partial charge in [-0.1, -0.05) is 12.1 Å². The number of nitrogens with zero attached hydrogens (tertiary/aromatic N) is 1. The summed E-state index contributed by atoms with van der Waals surface area (Å²) in [4.78, 5) is 36.0. The van der Waals surface area contributed by atoms with Gasteiger partial charge in [-0.15, -0.1) is 0 Å². The van der Waals surface area contributed by atoms with Crippen molar-refractivity contribution in [2.45, 2.75) is 19.1 Å². The van der Waals surface area contributed by atoms with Crippen molar-refractivity contribution in [2.24, 2.45) is 5.73 Å². The van der Waals surface area contributed by atoms with E-state index in [0.29, 0.717) is 0 Å². The summed E-state index contributed by atoms with van der Waals surface area (Å²) >= 11 is 0. The molecule has 1 fully saturated rings. The third-order valence-corrected chi connectivity index (χ3v) is 3.31. The summed E-state index contributed by atoms with van der Waals surface area (Å²) in [6.45, 7) is 1.57. The molecule has 0 bridgehead atoms. The van der Waals surface area contributed by atoms with Crippen LogP contribution in [0.1, 0.15) is 17.3 Å². The van der Waals surface area contributed by atoms with E-state index in [0.717, 1.165) is 0 Å². The number of hydrogen-bond acceptors (Lipinski definition) is 5. The SMILES string of the molecule is C[C@@H]1CN(C(=O)c2ccccc2OCC(N)=O)CC(C(=O)O)O1. The molecule has 0 aliphatic carbocycles. The van der Waals surface area contributed by atoms with Crippen LogP contribution in [-0.2, 0) is 14.3 Å². The summed E-state index contributed by atoms with van der Waals surface area (Å²) in [6.07, 6.45) is -1.46. The molecule has 0 radical (unpaired) electrons. The number of carboxylic acids is 1. The number of amides is 2. The number of aliphatic carboxylic acids is 1. The third kappa shape index (κ3) is 4.19. The zero-order chi connectivity index (χ0) is 17.0. The molecule has 1 aromatic rings. The number of carbonyl (C=O) groups excluding carboxylic acids is 2. The molecule has 8 nitrogen and oxygen atoms in total. The van der Waals surface area contributed by atoms with Gasteiger partial charge in [0.2, 0.25) is 0 Å². The molecule has 8 heteroatoms. The molecule has 1 heterocycles. The van der Waals surface area contributed by atoms with E-state index in [-0.39, 0.29) is 36.9 Å². The lowest BCUT2D eigenvalue weighted by Gasteiger charge is -2.35. The van der Waals surface area contributed by atoms with Crippen molar-refractivity contribution in [1.29, 1.82) is 0 Å². The van der Waals surface area contributed by atoms with Crippen LogP contribution in [-0.4, -0.2) is 59.7 Å². The molecular weight excluding hydrogens is 304 g/mol. The Hall–Kier alpha value is -2.61. The van der Waals surface area contributed by atoms with E-state index in [9.17, 15) is 14.4 Å². The Labute approximate surface area is 132 Å². The number of primary amides is 1. The largest absolute Gasteiger partial charge is 0.483 e. The van der Waals surface area contributed by atoms with Crippen LogP contribution < -0.4 is 10.5 Å². The summed E-state index contributed by atoms with van der Waals surface area (Å²) in [6, 6.07) is 6.42. The Morgan fingerprint density at radius 3 is 2.70 bits per heavy atom. The van der Waals surface area contributed by atoms with Crippen LogP contribution in [0.4, 0.5) is 0 Å². The quantitative estimate of drug-likeness (QED) is 0.779. The molecule has 1 saturated heterocycles. The molecule has 1 aromatic carbocycles. The molecule has 0 spiro atoms. The molecule has 1 aliphatic rings. The number of ether oxygens (including phenoxy) is 2. The van der Waals surface area contributed by atoms with Gasteiger partial charge in [0, 0.05) is 6.54 Å². The van der Waals surface area contributed by atoms with Gasteiger partial charge in [-0.3, -0.25) is 9.59 Å². The predicted molar refractivity (Wildman–Crippen MR) is 79.0 cm³/mol. The van der Waals surface area contributed by atoms with Gasteiger partial charge in [-0.25, -0.2) is 4.79 Å². The first-order valence-electron chi connectivity index (χ1n) is 7.06. The molecule has 0 aromatic heterocycles. The zero-order valence-electron chi connectivity index (χ0n) is 12.6. The second kappa shape index (κ2) is 7.10. The molecule has 3 N–H and O–H groups in total. The van der Waals surface area contributed by atoms with Crippen molar-refractivity contribution < 1.29 is 29.0 Å². The average Bonchev–Trinajstić information content (AvgIpc) is 2.51.